The number of carboxylic acids is 1. The second-order valence-electron chi connectivity index (χ2n) is 30.4. The van der Waals surface area contributed by atoms with E-state index in [0.717, 1.165) is 116 Å². The zero-order chi connectivity index (χ0) is 96.9. The fourth-order valence-corrected chi connectivity index (χ4v) is 17.0. The second kappa shape index (κ2) is 66.1. The van der Waals surface area contributed by atoms with Crippen LogP contribution in [0.4, 0.5) is 5.69 Å². The van der Waals surface area contributed by atoms with Crippen molar-refractivity contribution in [3.8, 4) is 0 Å². The van der Waals surface area contributed by atoms with Gasteiger partial charge in [-0.15, -0.1) is 12.4 Å². The number of aliphatic hydroxyl groups excluding tert-OH is 1. The molecule has 1 fully saturated rings. The zero-order valence-electron chi connectivity index (χ0n) is 76.6. The molecular weight excluding hydrogens is 2130 g/mol. The number of esters is 4. The summed E-state index contributed by atoms with van der Waals surface area (Å²) in [6.45, 7) is 15.6. The van der Waals surface area contributed by atoms with Gasteiger partial charge in [0.15, 0.2) is 28.2 Å². The van der Waals surface area contributed by atoms with E-state index in [1.807, 2.05) is 71.6 Å². The van der Waals surface area contributed by atoms with Gasteiger partial charge in [0, 0.05) is 161 Å². The first-order valence-corrected chi connectivity index (χ1v) is 50.5. The zero-order valence-corrected chi connectivity index (χ0v) is 88.0. The maximum atomic E-state index is 13.2. The van der Waals surface area contributed by atoms with Crippen molar-refractivity contribution in [3.05, 3.63) is 288 Å². The summed E-state index contributed by atoms with van der Waals surface area (Å²) >= 11 is 61.0. The molecule has 3 radical (unpaired) electrons. The Kier molecular flexibility index (Phi) is 59.9. The summed E-state index contributed by atoms with van der Waals surface area (Å²) in [7, 11) is 0. The Morgan fingerprint density at radius 2 is 0.844 bits per heavy atom. The van der Waals surface area contributed by atoms with Crippen LogP contribution in [0.5, 0.6) is 0 Å². The maximum Gasteiger partial charge on any atom is 1.00 e. The largest absolute Gasteiger partial charge is 1.00 e. The molecule has 0 amide bonds. The molecule has 0 saturated carbocycles. The van der Waals surface area contributed by atoms with Crippen LogP contribution in [0.3, 0.4) is 0 Å². The number of nitrogens with two attached hydrogens (primary N) is 1. The van der Waals surface area contributed by atoms with E-state index in [2.05, 4.69) is 88.1 Å². The van der Waals surface area contributed by atoms with Crippen LogP contribution in [-0.2, 0) is 117 Å². The van der Waals surface area contributed by atoms with E-state index in [9.17, 15) is 48.3 Å². The number of alkyl halides is 1. The first-order chi connectivity index (χ1) is 63.2. The molecule has 3 atom stereocenters. The van der Waals surface area contributed by atoms with Crippen LogP contribution in [0.1, 0.15) is 137 Å². The molecule has 21 nitrogen and oxygen atoms in total. The maximum absolute atomic E-state index is 13.2. The molecule has 15 rings (SSSR count). The third kappa shape index (κ3) is 43.5. The molecule has 4 aliphatic heterocycles. The molecule has 0 spiro atoms. The molecule has 4 heterocycles. The topological polar surface area (TPSA) is 302 Å². The van der Waals surface area contributed by atoms with Crippen molar-refractivity contribution in [3.63, 3.8) is 0 Å². The van der Waals surface area contributed by atoms with Crippen molar-refractivity contribution < 1.29 is 102 Å². The molecule has 135 heavy (non-hydrogen) atoms. The Balaban J connectivity index is 0.000000542. The van der Waals surface area contributed by atoms with Crippen molar-refractivity contribution in [2.75, 3.05) is 91.3 Å². The predicted molar refractivity (Wildman–Crippen MR) is 552 cm³/mol. The molecular formula is C99H108BBr3Cl10LiN4O17. The number of halogens is 13. The van der Waals surface area contributed by atoms with E-state index < -0.39 is 52.0 Å². The summed E-state index contributed by atoms with van der Waals surface area (Å²) < 4.78 is 24.1. The van der Waals surface area contributed by atoms with E-state index in [1.54, 1.807) is 124 Å². The molecule has 0 bridgehead atoms. The number of aliphatic hydroxyl groups is 1. The van der Waals surface area contributed by atoms with Crippen LogP contribution < -0.4 is 29.9 Å². The molecule has 1 saturated heterocycles. The number of ketones is 4. The van der Waals surface area contributed by atoms with Crippen LogP contribution in [0.15, 0.2) is 193 Å². The monoisotopic (exact) mass is 2230 g/mol. The molecule has 5 N–H and O–H groups in total. The number of carbonyl (C=O) groups is 10. The smallest absolute Gasteiger partial charge is 1.00 e. The summed E-state index contributed by atoms with van der Waals surface area (Å²) in [4.78, 5) is 117. The number of carboxylic acid groups (broad SMARTS) is 1. The number of Topliss-reactive ketones (excluding diaryl/α,β-unsaturated/α-hetero) is 4. The number of benzene rings is 8. The minimum atomic E-state index is -0.915. The van der Waals surface area contributed by atoms with E-state index in [4.69, 9.17) is 134 Å². The SMILES string of the molecule is BrBr.C1CCOC1.CC(=O)O.CCOC(=O)C(Br)C(=O)Cc1cccc(Cl)c1.CCOC(=O)C(C(=O)Cc1cccc(Cl)c1)N1CCC2=C(Cc3ccc(Cl)cc32)C1.CCOC(=O)CC(=O)Cc1cccc(Cl)c1.CCOC(=O)CC(=O)Cl.Cl.Clc1ccc2c(c1)C1=C(CNCC1)C2.Nc1cccc(Cl)c1.O=C(Cc1cccc(Cl)c1)C(CO)N1CCC2=C(Cc3ccc(Cl)cc32)C1.[B].[H-].[Li+]. The van der Waals surface area contributed by atoms with Crippen LogP contribution in [0, 0.1) is 0 Å². The summed E-state index contributed by atoms with van der Waals surface area (Å²) in [6.07, 6.45) is 8.48. The van der Waals surface area contributed by atoms with Crippen LogP contribution >= 0.6 is 161 Å². The Morgan fingerprint density at radius 1 is 0.481 bits per heavy atom. The first-order valence-electron chi connectivity index (χ1n) is 42.5. The van der Waals surface area contributed by atoms with Crippen molar-refractivity contribution in [1.82, 2.24) is 15.1 Å². The Morgan fingerprint density at radius 3 is 1.23 bits per heavy atom. The Labute approximate surface area is 880 Å². The molecule has 36 heteroatoms. The van der Waals surface area contributed by atoms with Crippen molar-refractivity contribution in [2.24, 2.45) is 0 Å². The van der Waals surface area contributed by atoms with Crippen molar-refractivity contribution >= 4 is 250 Å². The summed E-state index contributed by atoms with van der Waals surface area (Å²) in [5.74, 6) is -3.47. The molecule has 3 unspecified atom stereocenters. The van der Waals surface area contributed by atoms with Crippen molar-refractivity contribution in [2.45, 2.75) is 141 Å². The van der Waals surface area contributed by atoms with Gasteiger partial charge in [-0.25, -0.2) is 4.79 Å². The second-order valence-corrected chi connectivity index (χ2v) is 35.2. The fourth-order valence-electron chi connectivity index (χ4n) is 15.0. The summed E-state index contributed by atoms with van der Waals surface area (Å²) in [5.41, 5.74) is 25.6. The van der Waals surface area contributed by atoms with E-state index in [1.165, 1.54) is 68.5 Å². The number of aliphatic carboxylic acids is 1. The number of nitrogens with zero attached hydrogens (tertiary/aromatic N) is 2. The quantitative estimate of drug-likeness (QED) is 0.00831. The molecule has 3 aliphatic carbocycles. The minimum absolute atomic E-state index is 0. The molecule has 8 aromatic rings. The number of carbonyl (C=O) groups excluding carboxylic acids is 9. The van der Waals surface area contributed by atoms with Gasteiger partial charge < -0.3 is 46.4 Å². The first kappa shape index (κ1) is 122. The fraction of sp³-hybridized carbons (Fsp3) is 0.354. The number of ether oxygens (including phenoxy) is 5. The Bertz CT molecular complexity index is 5370. The van der Waals surface area contributed by atoms with Crippen molar-refractivity contribution in [1.29, 1.82) is 0 Å². The van der Waals surface area contributed by atoms with Crippen LogP contribution in [0.25, 0.3) is 16.7 Å². The van der Waals surface area contributed by atoms with E-state index >= 15 is 0 Å². The number of fused-ring (bicyclic) bond motifs is 6. The molecule has 721 valence electrons. The third-order valence-electron chi connectivity index (χ3n) is 20.6. The number of hydrogen-bond acceptors (Lipinski definition) is 20. The normalized spacial score (nSPS) is 14.2. The number of rotatable bonds is 24. The Hall–Kier alpha value is -6.72. The standard InChI is InChI=1S/C24H23Cl2NO3.C22H21Cl2NO2.C12H12BrClO3.C12H12ClN.C12H13ClO3.C6H6ClN.C5H7ClO3.C4H8O.C2H4O2.B.Br2.ClH.Li.H/c1-2-30-24(29)23(22(28)11-15-4-3-5-18(25)10-15)27-9-8-20-17(14-27)12-16-6-7-19(26)13-21(16)20;23-17-3-1-2-14(8-17)9-22(27)21(13-26)25-7-6-19-16(12-25)10-15-4-5-18(24)11-20(15)19;1-2-17-12(16)11(13)10(15)7-8-4-3-5-9(14)6-8;13-10-2-1-8-5-9-7-14-4-3-11(9)12(8)6-10;1-2-16-12(15)8-11(14)7-9-4-3-5-10(13)6-9;7-5-2-1-3-6(8)4-5;1-2-9-5(8)3-4(6)7;1-2-4-5-3-1;1-2(3)4;;1-2;;;/h3-7,10,13,23H,2,8-9,11-12,14H2,1H3;1-5,8,11,21,26H,6-7,9-10,12-13H2;3-6,11H,2,7H2,1H3;1-2,6,14H,3-5,7H2;3-6H,2,7-8H2,1H3;1-4H,8H2;2-3H2,1H3;1-4H2;1H3,(H,3,4);;;1H;;/q;;;;;;;;;;;;+1;-1. The number of nitrogens with one attached hydrogen (secondary N) is 1. The molecule has 7 aliphatic rings. The molecule has 8 aromatic carbocycles. The van der Waals surface area contributed by atoms with Crippen LogP contribution in [-0.4, -0.2) is 189 Å². The van der Waals surface area contributed by atoms with Gasteiger partial charge in [-0.2, -0.15) is 0 Å². The minimum Gasteiger partial charge on any atom is -1.00 e. The van der Waals surface area contributed by atoms with Gasteiger partial charge in [0.25, 0.3) is 5.97 Å². The average molecular weight is 2240 g/mol. The third-order valence-corrected chi connectivity index (χ3v) is 23.5. The predicted octanol–water partition coefficient (Wildman–Crippen LogP) is 19.1. The van der Waals surface area contributed by atoms with Gasteiger partial charge in [0.05, 0.1) is 39.1 Å². The van der Waals surface area contributed by atoms with Gasteiger partial charge in [0.1, 0.15) is 18.6 Å². The number of nitrogen functional groups attached to an aromatic ring is 1. The van der Waals surface area contributed by atoms with Crippen LogP contribution in [0.2, 0.25) is 40.2 Å². The van der Waals surface area contributed by atoms with E-state index in [0.29, 0.717) is 57.0 Å². The summed E-state index contributed by atoms with van der Waals surface area (Å²) in [6, 6.07) is 52.6. The van der Waals surface area contributed by atoms with Gasteiger partial charge in [-0.1, -0.05) is 182 Å². The molecule has 0 aromatic heterocycles. The number of hydrogen-bond donors (Lipinski definition) is 4. The van der Waals surface area contributed by atoms with Gasteiger partial charge in [-0.05, 0) is 289 Å². The summed E-state index contributed by atoms with van der Waals surface area (Å²) in [5, 5.41) is 25.4. The van der Waals surface area contributed by atoms with Gasteiger partial charge in [0.2, 0.25) is 5.24 Å². The van der Waals surface area contributed by atoms with Gasteiger partial charge in [-0.3, -0.25) is 53.0 Å². The van der Waals surface area contributed by atoms with Gasteiger partial charge >= 0.3 is 42.7 Å². The van der Waals surface area contributed by atoms with E-state index in [-0.39, 0.29) is 129 Å². The number of anilines is 1. The average Bonchev–Trinajstić information content (AvgIpc) is 1.63.